The van der Waals surface area contributed by atoms with Gasteiger partial charge in [0.15, 0.2) is 4.77 Å². The molecule has 3 aromatic rings. The van der Waals surface area contributed by atoms with E-state index in [1.807, 2.05) is 54.6 Å². The molecule has 1 heterocycles. The van der Waals surface area contributed by atoms with Gasteiger partial charge in [0.2, 0.25) is 0 Å². The number of benzene rings is 2. The van der Waals surface area contributed by atoms with Gasteiger partial charge in [0.05, 0.1) is 12.8 Å². The van der Waals surface area contributed by atoms with E-state index in [0.29, 0.717) is 16.8 Å². The lowest BCUT2D eigenvalue weighted by Crippen LogP contribution is -2.16. The molecule has 0 aliphatic carbocycles. The van der Waals surface area contributed by atoms with Gasteiger partial charge in [0.25, 0.3) is 5.56 Å². The molecule has 2 aromatic carbocycles. The summed E-state index contributed by atoms with van der Waals surface area (Å²) in [6.07, 6.45) is 0.454. The van der Waals surface area contributed by atoms with Gasteiger partial charge >= 0.3 is 0 Å². The maximum absolute atomic E-state index is 12.5. The van der Waals surface area contributed by atoms with Crippen molar-refractivity contribution in [3.63, 3.8) is 0 Å². The van der Waals surface area contributed by atoms with E-state index in [2.05, 4.69) is 9.97 Å². The van der Waals surface area contributed by atoms with Crippen LogP contribution in [0.4, 0.5) is 0 Å². The number of H-pyrrole nitrogens is 2. The molecule has 0 fully saturated rings. The summed E-state index contributed by atoms with van der Waals surface area (Å²) >= 11 is 5.12. The number of ether oxygens (including phenoxy) is 1. The van der Waals surface area contributed by atoms with Crippen molar-refractivity contribution in [2.75, 3.05) is 7.11 Å². The van der Waals surface area contributed by atoms with E-state index < -0.39 is 0 Å². The first-order valence-electron chi connectivity index (χ1n) is 7.22. The number of nitrogens with one attached hydrogen (secondary N) is 2. The molecule has 0 spiro atoms. The van der Waals surface area contributed by atoms with E-state index in [9.17, 15) is 4.79 Å². The number of hydrogen-bond acceptors (Lipinski definition) is 3. The van der Waals surface area contributed by atoms with Gasteiger partial charge in [-0.15, -0.1) is 0 Å². The first kappa shape index (κ1) is 15.2. The molecule has 0 saturated heterocycles. The van der Waals surface area contributed by atoms with Gasteiger partial charge in [-0.2, -0.15) is 0 Å². The largest absolute Gasteiger partial charge is 0.496 e. The van der Waals surface area contributed by atoms with Gasteiger partial charge in [-0.3, -0.25) is 9.78 Å². The molecule has 0 radical (unpaired) electrons. The lowest BCUT2D eigenvalue weighted by atomic mass is 10.00. The third-order valence-corrected chi connectivity index (χ3v) is 3.87. The number of aromatic nitrogens is 2. The maximum atomic E-state index is 12.5. The van der Waals surface area contributed by atoms with Crippen LogP contribution in [0.3, 0.4) is 0 Å². The normalized spacial score (nSPS) is 10.5. The Labute approximate surface area is 138 Å². The molecule has 0 bridgehead atoms. The second-order valence-electron chi connectivity index (χ2n) is 5.12. The molecule has 5 heteroatoms. The highest BCUT2D eigenvalue weighted by Gasteiger charge is 2.13. The predicted octanol–water partition coefficient (Wildman–Crippen LogP) is 3.70. The summed E-state index contributed by atoms with van der Waals surface area (Å²) in [5.74, 6) is 0.758. The molecular weight excluding hydrogens is 308 g/mol. The van der Waals surface area contributed by atoms with Crippen LogP contribution in [0, 0.1) is 4.77 Å². The minimum atomic E-state index is -0.182. The van der Waals surface area contributed by atoms with Crippen molar-refractivity contribution in [2.24, 2.45) is 0 Å². The summed E-state index contributed by atoms with van der Waals surface area (Å²) in [5, 5.41) is 0. The minimum absolute atomic E-state index is 0.182. The summed E-state index contributed by atoms with van der Waals surface area (Å²) < 4.78 is 5.70. The molecule has 23 heavy (non-hydrogen) atoms. The van der Waals surface area contributed by atoms with Crippen LogP contribution in [0.2, 0.25) is 0 Å². The molecule has 1 aromatic heterocycles. The highest BCUT2D eigenvalue weighted by molar-refractivity contribution is 7.71. The van der Waals surface area contributed by atoms with E-state index >= 15 is 0 Å². The quantitative estimate of drug-likeness (QED) is 0.720. The SMILES string of the molecule is COc1ccccc1Cc1c(-c2ccccc2)[nH]c(=S)[nH]c1=O. The van der Waals surface area contributed by atoms with Crippen molar-refractivity contribution in [3.8, 4) is 17.0 Å². The second-order valence-corrected chi connectivity index (χ2v) is 5.52. The molecule has 116 valence electrons. The Balaban J connectivity index is 2.16. The fourth-order valence-electron chi connectivity index (χ4n) is 2.57. The zero-order valence-corrected chi connectivity index (χ0v) is 13.4. The molecule has 0 unspecified atom stereocenters. The zero-order chi connectivity index (χ0) is 16.2. The molecular formula is C18H16N2O2S. The topological polar surface area (TPSA) is 57.9 Å². The molecule has 0 aliphatic rings. The smallest absolute Gasteiger partial charge is 0.255 e. The van der Waals surface area contributed by atoms with Crippen LogP contribution in [0.25, 0.3) is 11.3 Å². The zero-order valence-electron chi connectivity index (χ0n) is 12.6. The van der Waals surface area contributed by atoms with Crippen molar-refractivity contribution in [1.29, 1.82) is 0 Å². The minimum Gasteiger partial charge on any atom is -0.496 e. The van der Waals surface area contributed by atoms with E-state index in [4.69, 9.17) is 17.0 Å². The van der Waals surface area contributed by atoms with Gasteiger partial charge in [-0.1, -0.05) is 48.5 Å². The molecule has 0 amide bonds. The highest BCUT2D eigenvalue weighted by Crippen LogP contribution is 2.24. The van der Waals surface area contributed by atoms with Crippen molar-refractivity contribution in [1.82, 2.24) is 9.97 Å². The van der Waals surface area contributed by atoms with Crippen LogP contribution in [0.5, 0.6) is 5.75 Å². The Morgan fingerprint density at radius 3 is 2.43 bits per heavy atom. The summed E-state index contributed by atoms with van der Waals surface area (Å²) in [5.41, 5.74) is 3.07. The average Bonchev–Trinajstić information content (AvgIpc) is 2.58. The van der Waals surface area contributed by atoms with Crippen LogP contribution in [-0.2, 0) is 6.42 Å². The summed E-state index contributed by atoms with van der Waals surface area (Å²) in [6.45, 7) is 0. The number of methoxy groups -OCH3 is 1. The fourth-order valence-corrected chi connectivity index (χ4v) is 2.77. The molecule has 0 saturated carbocycles. The third kappa shape index (κ3) is 3.24. The number of rotatable bonds is 4. The van der Waals surface area contributed by atoms with E-state index in [1.54, 1.807) is 7.11 Å². The van der Waals surface area contributed by atoms with Crippen LogP contribution in [0.15, 0.2) is 59.4 Å². The van der Waals surface area contributed by atoms with Crippen molar-refractivity contribution in [2.45, 2.75) is 6.42 Å². The molecule has 3 rings (SSSR count). The lowest BCUT2D eigenvalue weighted by Gasteiger charge is -2.11. The molecule has 2 N–H and O–H groups in total. The van der Waals surface area contributed by atoms with E-state index in [-0.39, 0.29) is 5.56 Å². The van der Waals surface area contributed by atoms with Crippen LogP contribution in [0.1, 0.15) is 11.1 Å². The standard InChI is InChI=1S/C18H16N2O2S/c1-22-15-10-6-5-9-13(15)11-14-16(12-7-3-2-4-8-12)19-18(23)20-17(14)21/h2-10H,11H2,1H3,(H2,19,20,21,23). The predicted molar refractivity (Wildman–Crippen MR) is 93.5 cm³/mol. The Bertz CT molecular complexity index is 929. The Morgan fingerprint density at radius 1 is 1.00 bits per heavy atom. The first-order valence-corrected chi connectivity index (χ1v) is 7.62. The first-order chi connectivity index (χ1) is 11.2. The van der Waals surface area contributed by atoms with E-state index in [0.717, 1.165) is 22.6 Å². The molecule has 0 atom stereocenters. The third-order valence-electron chi connectivity index (χ3n) is 3.66. The lowest BCUT2D eigenvalue weighted by molar-refractivity contribution is 0.410. The van der Waals surface area contributed by atoms with Crippen molar-refractivity contribution in [3.05, 3.63) is 80.8 Å². The number of aromatic amines is 2. The number of para-hydroxylation sites is 1. The summed E-state index contributed by atoms with van der Waals surface area (Å²) in [4.78, 5) is 18.2. The van der Waals surface area contributed by atoms with Crippen LogP contribution in [-0.4, -0.2) is 17.1 Å². The van der Waals surface area contributed by atoms with Gasteiger partial charge in [0.1, 0.15) is 5.75 Å². The monoisotopic (exact) mass is 324 g/mol. The number of hydrogen-bond donors (Lipinski definition) is 2. The van der Waals surface area contributed by atoms with Crippen molar-refractivity contribution < 1.29 is 4.74 Å². The Morgan fingerprint density at radius 2 is 1.70 bits per heavy atom. The van der Waals surface area contributed by atoms with Gasteiger partial charge in [-0.05, 0) is 29.4 Å². The average molecular weight is 324 g/mol. The summed E-state index contributed by atoms with van der Waals surface area (Å²) in [6, 6.07) is 17.4. The fraction of sp³-hybridized carbons (Fsp3) is 0.111. The Kier molecular flexibility index (Phi) is 4.39. The van der Waals surface area contributed by atoms with Crippen LogP contribution < -0.4 is 10.3 Å². The highest BCUT2D eigenvalue weighted by atomic mass is 32.1. The van der Waals surface area contributed by atoms with Gasteiger partial charge in [-0.25, -0.2) is 0 Å². The van der Waals surface area contributed by atoms with Crippen LogP contribution >= 0.6 is 12.2 Å². The Hall–Kier alpha value is -2.66. The molecule has 0 aliphatic heterocycles. The van der Waals surface area contributed by atoms with Gasteiger partial charge < -0.3 is 9.72 Å². The van der Waals surface area contributed by atoms with E-state index in [1.165, 1.54) is 0 Å². The maximum Gasteiger partial charge on any atom is 0.255 e. The second kappa shape index (κ2) is 6.62. The van der Waals surface area contributed by atoms with Gasteiger partial charge in [0, 0.05) is 12.0 Å². The summed E-state index contributed by atoms with van der Waals surface area (Å²) in [7, 11) is 1.62. The van der Waals surface area contributed by atoms with Crippen molar-refractivity contribution >= 4 is 12.2 Å². The molecule has 4 nitrogen and oxygen atoms in total.